The predicted octanol–water partition coefficient (Wildman–Crippen LogP) is 4.38. The third-order valence-electron chi connectivity index (χ3n) is 8.20. The summed E-state index contributed by atoms with van der Waals surface area (Å²) < 4.78 is 74.2. The lowest BCUT2D eigenvalue weighted by molar-refractivity contribution is -0.137. The van der Waals surface area contributed by atoms with Crippen LogP contribution in [-0.2, 0) is 31.9 Å². The zero-order valence-electron chi connectivity index (χ0n) is 26.0. The molecule has 256 valence electrons. The Labute approximate surface area is 272 Å². The Bertz CT molecular complexity index is 2270. The van der Waals surface area contributed by atoms with E-state index in [9.17, 15) is 33.0 Å². The van der Waals surface area contributed by atoms with E-state index in [0.717, 1.165) is 24.3 Å². The minimum Gasteiger partial charge on any atom is -0.390 e. The summed E-state index contributed by atoms with van der Waals surface area (Å²) in [6, 6.07) is 8.33. The molecule has 1 atom stereocenters. The summed E-state index contributed by atoms with van der Waals surface area (Å²) in [6.45, 7) is 1.99. The van der Waals surface area contributed by atoms with Gasteiger partial charge in [0.15, 0.2) is 11.3 Å². The highest BCUT2D eigenvalue weighted by atomic mass is 19.4. The number of H-pyrrole nitrogens is 2. The fourth-order valence-corrected chi connectivity index (χ4v) is 5.85. The maximum atomic E-state index is 15.8. The van der Waals surface area contributed by atoms with Crippen LogP contribution in [0.1, 0.15) is 64.2 Å². The number of halogens is 5. The average molecular weight is 685 g/mol. The van der Waals surface area contributed by atoms with Crippen molar-refractivity contribution in [3.8, 4) is 0 Å². The van der Waals surface area contributed by atoms with Gasteiger partial charge in [0.2, 0.25) is 0 Å². The molecule has 0 radical (unpaired) electrons. The van der Waals surface area contributed by atoms with Crippen LogP contribution in [0.2, 0.25) is 0 Å². The Morgan fingerprint density at radius 2 is 1.29 bits per heavy atom. The van der Waals surface area contributed by atoms with E-state index in [1.807, 2.05) is 0 Å². The summed E-state index contributed by atoms with van der Waals surface area (Å²) in [5.41, 5.74) is -1.28. The van der Waals surface area contributed by atoms with Gasteiger partial charge in [-0.2, -0.15) is 23.4 Å². The van der Waals surface area contributed by atoms with Gasteiger partial charge in [-0.3, -0.25) is 9.59 Å². The number of hydrogen-bond donors (Lipinski definition) is 4. The monoisotopic (exact) mass is 684 g/mol. The second-order valence-electron chi connectivity index (χ2n) is 11.6. The van der Waals surface area contributed by atoms with Crippen LogP contribution in [0.5, 0.6) is 0 Å². The van der Waals surface area contributed by atoms with Crippen LogP contribution in [0, 0.1) is 13.8 Å². The molecule has 4 aromatic heterocycles. The lowest BCUT2D eigenvalue weighted by atomic mass is 9.95. The van der Waals surface area contributed by atoms with Gasteiger partial charge in [-0.25, -0.2) is 28.1 Å². The van der Waals surface area contributed by atoms with Crippen molar-refractivity contribution < 1.29 is 32.2 Å². The molecule has 0 spiro atoms. The number of nitrogens with one attached hydrogen (secondary N) is 2. The smallest absolute Gasteiger partial charge is 0.390 e. The van der Waals surface area contributed by atoms with E-state index in [-0.39, 0.29) is 63.4 Å². The van der Waals surface area contributed by atoms with E-state index < -0.39 is 54.5 Å². The van der Waals surface area contributed by atoms with E-state index in [1.54, 1.807) is 6.92 Å². The summed E-state index contributed by atoms with van der Waals surface area (Å²) in [6.07, 6.45) is -5.73. The van der Waals surface area contributed by atoms with Crippen molar-refractivity contribution in [1.29, 1.82) is 0 Å². The van der Waals surface area contributed by atoms with Gasteiger partial charge in [-0.15, -0.1) is 0 Å². The van der Waals surface area contributed by atoms with E-state index >= 15 is 8.78 Å². The molecular weight excluding hydrogens is 655 g/mol. The van der Waals surface area contributed by atoms with E-state index in [1.165, 1.54) is 40.6 Å². The van der Waals surface area contributed by atoms with Crippen LogP contribution in [0.15, 0.2) is 58.1 Å². The number of aromatic nitrogens is 8. The van der Waals surface area contributed by atoms with Crippen LogP contribution >= 0.6 is 0 Å². The summed E-state index contributed by atoms with van der Waals surface area (Å²) in [4.78, 5) is 38.8. The Balaban J connectivity index is 1.30. The molecule has 6 rings (SSSR count). The van der Waals surface area contributed by atoms with Crippen LogP contribution in [0.3, 0.4) is 0 Å². The van der Waals surface area contributed by atoms with Crippen molar-refractivity contribution in [1.82, 2.24) is 39.5 Å². The summed E-state index contributed by atoms with van der Waals surface area (Å²) in [7, 11) is 0. The maximum Gasteiger partial charge on any atom is 0.416 e. The Morgan fingerprint density at radius 1 is 0.755 bits per heavy atom. The quantitative estimate of drug-likeness (QED) is 0.154. The highest BCUT2D eigenvalue weighted by Crippen LogP contribution is 2.38. The predicted molar refractivity (Wildman–Crippen MR) is 166 cm³/mol. The third kappa shape index (κ3) is 6.46. The van der Waals surface area contributed by atoms with Gasteiger partial charge < -0.3 is 20.2 Å². The van der Waals surface area contributed by atoms with Gasteiger partial charge in [0, 0.05) is 12.0 Å². The molecule has 0 saturated carbocycles. The molecule has 4 N–H and O–H groups in total. The first-order valence-corrected chi connectivity index (χ1v) is 15.0. The lowest BCUT2D eigenvalue weighted by Gasteiger charge is -2.23. The second-order valence-corrected chi connectivity index (χ2v) is 11.6. The van der Waals surface area contributed by atoms with Gasteiger partial charge in [0.25, 0.3) is 17.0 Å². The minimum atomic E-state index is -4.62. The largest absolute Gasteiger partial charge is 0.416 e. The highest BCUT2D eigenvalue weighted by molar-refractivity contribution is 5.78. The van der Waals surface area contributed by atoms with Gasteiger partial charge in [0.05, 0.1) is 31.4 Å². The molecule has 0 bridgehead atoms. The molecule has 6 aromatic rings. The number of aromatic amines is 2. The topological polar surface area (TPSA) is 168 Å². The lowest BCUT2D eigenvalue weighted by Crippen LogP contribution is -2.20. The van der Waals surface area contributed by atoms with Gasteiger partial charge >= 0.3 is 6.18 Å². The normalized spacial score (nSPS) is 13.1. The number of fused-ring (bicyclic) bond motifs is 2. The molecule has 12 nitrogen and oxygen atoms in total. The molecule has 0 amide bonds. The van der Waals surface area contributed by atoms with Crippen LogP contribution in [0.25, 0.3) is 22.1 Å². The summed E-state index contributed by atoms with van der Waals surface area (Å²) in [5, 5.41) is 28.2. The number of aliphatic hydroxyl groups excluding tert-OH is 2. The summed E-state index contributed by atoms with van der Waals surface area (Å²) >= 11 is 0. The number of aryl methyl sites for hydroxylation is 2. The molecule has 49 heavy (non-hydrogen) atoms. The Kier molecular flexibility index (Phi) is 8.66. The number of hydrogen-bond acceptors (Lipinski definition) is 8. The molecule has 2 aromatic carbocycles. The molecule has 1 unspecified atom stereocenters. The number of alkyl halides is 5. The zero-order valence-corrected chi connectivity index (χ0v) is 26.0. The van der Waals surface area contributed by atoms with Gasteiger partial charge in [0.1, 0.15) is 33.8 Å². The number of aliphatic hydroxyl groups is 2. The molecule has 0 aliphatic carbocycles. The van der Waals surface area contributed by atoms with Crippen molar-refractivity contribution in [2.45, 2.75) is 64.6 Å². The molecule has 17 heteroatoms. The first kappa shape index (κ1) is 33.6. The summed E-state index contributed by atoms with van der Waals surface area (Å²) in [5.74, 6) is -2.89. The Morgan fingerprint density at radius 3 is 1.86 bits per heavy atom. The first-order valence-electron chi connectivity index (χ1n) is 15.0. The van der Waals surface area contributed by atoms with Crippen molar-refractivity contribution in [3.05, 3.63) is 115 Å². The van der Waals surface area contributed by atoms with Crippen molar-refractivity contribution in [3.63, 3.8) is 0 Å². The van der Waals surface area contributed by atoms with E-state index in [2.05, 4.69) is 30.1 Å². The molecular formula is C32H29F5N8O4. The average Bonchev–Trinajstić information content (AvgIpc) is 3.59. The van der Waals surface area contributed by atoms with Crippen molar-refractivity contribution in [2.75, 3.05) is 0 Å². The van der Waals surface area contributed by atoms with Gasteiger partial charge in [-0.1, -0.05) is 36.4 Å². The fourth-order valence-electron chi connectivity index (χ4n) is 5.85. The maximum absolute atomic E-state index is 15.8. The molecule has 4 heterocycles. The van der Waals surface area contributed by atoms with E-state index in [0.29, 0.717) is 11.4 Å². The second kappa shape index (κ2) is 12.6. The third-order valence-corrected chi connectivity index (χ3v) is 8.20. The minimum absolute atomic E-state index is 0.00922. The molecule has 0 aliphatic rings. The number of nitrogens with zero attached hydrogens (tertiary/aromatic N) is 6. The van der Waals surface area contributed by atoms with E-state index in [4.69, 9.17) is 0 Å². The van der Waals surface area contributed by atoms with Crippen molar-refractivity contribution >= 4 is 22.1 Å². The zero-order chi connectivity index (χ0) is 35.2. The fraction of sp³-hybridized carbons (Fsp3) is 0.312. The molecule has 0 aliphatic heterocycles. The molecule has 0 fully saturated rings. The van der Waals surface area contributed by atoms with Crippen LogP contribution in [-0.4, -0.2) is 49.7 Å². The van der Waals surface area contributed by atoms with Gasteiger partial charge in [-0.05, 0) is 43.5 Å². The van der Waals surface area contributed by atoms with Crippen LogP contribution in [0.4, 0.5) is 22.0 Å². The number of benzene rings is 2. The number of rotatable bonds is 10. The standard InChI is InChI=1S/C32H29F5N8O4/c1-16-38-27-25(29(48)40-16)22(14-46)42-44(27)13-18-3-7-20(8-4-18)31(33,34)12-11-24(19-5-9-21(10-6-19)32(35,36)37)45-28-26(23(15-47)43-45)30(49)41-17(2)39-28/h3-10,24,46-47H,11-15H2,1-2H3,(H,38,40,48)(H,39,41,49). The highest BCUT2D eigenvalue weighted by Gasteiger charge is 2.35. The molecule has 0 saturated heterocycles. The van der Waals surface area contributed by atoms with Crippen LogP contribution < -0.4 is 11.1 Å². The SMILES string of the molecule is Cc1nc2c(c(CO)nn2Cc2ccc(C(F)(F)CCC(c3ccc(C(F)(F)F)cc3)n3nc(CO)c4c(=O)[nH]c(C)nc43)cc2)c(=O)[nH]1. The first-order chi connectivity index (χ1) is 23.2. The Hall–Kier alpha value is -5.29. The van der Waals surface area contributed by atoms with Crippen molar-refractivity contribution in [2.24, 2.45) is 0 Å².